The van der Waals surface area contributed by atoms with Crippen molar-refractivity contribution in [2.24, 2.45) is 4.99 Å². The molecule has 4 aromatic carbocycles. The average molecular weight is 631 g/mol. The van der Waals surface area contributed by atoms with Gasteiger partial charge < -0.3 is 14.0 Å². The predicted octanol–water partition coefficient (Wildman–Crippen LogP) is 7.82. The van der Waals surface area contributed by atoms with Crippen molar-refractivity contribution < 1.29 is 19.1 Å². The molecule has 5 aromatic rings. The lowest BCUT2D eigenvalue weighted by molar-refractivity contribution is 0.0926. The fraction of sp³-hybridized carbons (Fsp3) is 0.121. The SMILES string of the molecule is COc1ccc(CCn2c(-c3cccc(N4C(=O)c5ccccc5C4=O)c3)csc2=Nc2cc(Cl)ccc2Cl)cc1OC. The number of imide groups is 1. The molecule has 2 heterocycles. The Balaban J connectivity index is 1.41. The normalized spacial score (nSPS) is 13.0. The number of anilines is 1. The molecule has 6 rings (SSSR count). The molecule has 43 heavy (non-hydrogen) atoms. The molecule has 0 saturated carbocycles. The van der Waals surface area contributed by atoms with Gasteiger partial charge in [-0.05, 0) is 66.6 Å². The van der Waals surface area contributed by atoms with E-state index in [-0.39, 0.29) is 11.8 Å². The molecule has 0 radical (unpaired) electrons. The van der Waals surface area contributed by atoms with Crippen molar-refractivity contribution in [2.75, 3.05) is 19.1 Å². The molecule has 1 aliphatic rings. The molecule has 0 unspecified atom stereocenters. The molecule has 7 nitrogen and oxygen atoms in total. The highest BCUT2D eigenvalue weighted by Gasteiger charge is 2.36. The number of amides is 2. The fourth-order valence-electron chi connectivity index (χ4n) is 5.05. The van der Waals surface area contributed by atoms with Crippen molar-refractivity contribution in [3.63, 3.8) is 0 Å². The van der Waals surface area contributed by atoms with E-state index in [1.54, 1.807) is 62.8 Å². The number of carbonyl (C=O) groups is 2. The van der Waals surface area contributed by atoms with Crippen LogP contribution < -0.4 is 19.2 Å². The molecule has 0 saturated heterocycles. The average Bonchev–Trinajstić information content (AvgIpc) is 3.54. The van der Waals surface area contributed by atoms with Crippen LogP contribution in [0.4, 0.5) is 11.4 Å². The van der Waals surface area contributed by atoms with Crippen LogP contribution in [0.5, 0.6) is 11.5 Å². The standard InChI is InChI=1S/C33H25Cl2N3O4S/c1-41-29-13-10-20(16-30(29)42-2)14-15-37-28(19-43-33(37)36-27-18-22(34)11-12-26(27)35)21-6-5-7-23(17-21)38-31(39)24-8-3-4-9-25(24)32(38)40/h3-13,16-19H,14-15H2,1-2H3. The second-order valence-corrected chi connectivity index (χ2v) is 11.4. The van der Waals surface area contributed by atoms with Crippen molar-refractivity contribution in [1.29, 1.82) is 0 Å². The van der Waals surface area contributed by atoms with E-state index in [1.165, 1.54) is 16.2 Å². The van der Waals surface area contributed by atoms with E-state index in [0.29, 0.717) is 61.8 Å². The molecule has 0 fully saturated rings. The van der Waals surface area contributed by atoms with Gasteiger partial charge in [-0.1, -0.05) is 53.5 Å². The Morgan fingerprint density at radius 3 is 2.28 bits per heavy atom. The van der Waals surface area contributed by atoms with Crippen LogP contribution in [0.1, 0.15) is 26.3 Å². The van der Waals surface area contributed by atoms with E-state index >= 15 is 0 Å². The second kappa shape index (κ2) is 12.1. The third-order valence-corrected chi connectivity index (χ3v) is 8.61. The summed E-state index contributed by atoms with van der Waals surface area (Å²) in [6, 6.07) is 25.3. The molecule has 0 atom stereocenters. The molecule has 10 heteroatoms. The lowest BCUT2D eigenvalue weighted by Gasteiger charge is -2.16. The van der Waals surface area contributed by atoms with Crippen LogP contribution in [0, 0.1) is 0 Å². The van der Waals surface area contributed by atoms with Crippen molar-refractivity contribution in [3.05, 3.63) is 122 Å². The maximum atomic E-state index is 13.2. The van der Waals surface area contributed by atoms with Gasteiger partial charge in [0, 0.05) is 22.5 Å². The Morgan fingerprint density at radius 1 is 0.814 bits per heavy atom. The van der Waals surface area contributed by atoms with Crippen LogP contribution in [0.25, 0.3) is 11.3 Å². The van der Waals surface area contributed by atoms with Crippen LogP contribution >= 0.6 is 34.5 Å². The molecule has 216 valence electrons. The Bertz CT molecular complexity index is 1910. The zero-order valence-corrected chi connectivity index (χ0v) is 25.5. The summed E-state index contributed by atoms with van der Waals surface area (Å²) in [4.78, 5) is 33.2. The zero-order valence-electron chi connectivity index (χ0n) is 23.2. The highest BCUT2D eigenvalue weighted by atomic mass is 35.5. The van der Waals surface area contributed by atoms with Gasteiger partial charge in [-0.25, -0.2) is 9.89 Å². The minimum absolute atomic E-state index is 0.337. The molecular formula is C33H25Cl2N3O4S. The van der Waals surface area contributed by atoms with Crippen LogP contribution in [0.3, 0.4) is 0 Å². The van der Waals surface area contributed by atoms with Crippen molar-refractivity contribution in [2.45, 2.75) is 13.0 Å². The Morgan fingerprint density at radius 2 is 1.56 bits per heavy atom. The van der Waals surface area contributed by atoms with E-state index in [2.05, 4.69) is 4.57 Å². The van der Waals surface area contributed by atoms with Crippen LogP contribution in [-0.2, 0) is 13.0 Å². The number of ether oxygens (including phenoxy) is 2. The first-order chi connectivity index (χ1) is 20.9. The van der Waals surface area contributed by atoms with Crippen molar-refractivity contribution in [1.82, 2.24) is 4.57 Å². The van der Waals surface area contributed by atoms with Gasteiger partial charge in [0.15, 0.2) is 16.3 Å². The second-order valence-electron chi connectivity index (χ2n) is 9.74. The van der Waals surface area contributed by atoms with Crippen LogP contribution in [0.2, 0.25) is 10.0 Å². The molecule has 2 amide bonds. The molecule has 0 aliphatic carbocycles. The lowest BCUT2D eigenvalue weighted by Crippen LogP contribution is -2.29. The summed E-state index contributed by atoms with van der Waals surface area (Å²) in [5, 5.41) is 3.02. The monoisotopic (exact) mass is 629 g/mol. The number of rotatable bonds is 8. The number of hydrogen-bond acceptors (Lipinski definition) is 6. The topological polar surface area (TPSA) is 73.1 Å². The summed E-state index contributed by atoms with van der Waals surface area (Å²) in [7, 11) is 3.22. The van der Waals surface area contributed by atoms with E-state index in [9.17, 15) is 9.59 Å². The number of thiazole rings is 1. The predicted molar refractivity (Wildman–Crippen MR) is 170 cm³/mol. The minimum atomic E-state index is -0.337. The van der Waals surface area contributed by atoms with Crippen molar-refractivity contribution >= 4 is 57.7 Å². The number of carbonyl (C=O) groups excluding carboxylic acids is 2. The van der Waals surface area contributed by atoms with Crippen LogP contribution in [0.15, 0.2) is 95.3 Å². The Hall–Kier alpha value is -4.37. The van der Waals surface area contributed by atoms with Gasteiger partial charge in [0.25, 0.3) is 11.8 Å². The Labute approximate surface area is 262 Å². The first kappa shape index (κ1) is 28.7. The zero-order chi connectivity index (χ0) is 30.1. The molecule has 1 aromatic heterocycles. The molecule has 0 N–H and O–H groups in total. The molecule has 0 spiro atoms. The van der Waals surface area contributed by atoms with E-state index in [0.717, 1.165) is 16.8 Å². The number of hydrogen-bond donors (Lipinski definition) is 0. The maximum absolute atomic E-state index is 13.2. The highest BCUT2D eigenvalue weighted by molar-refractivity contribution is 7.07. The Kier molecular flexibility index (Phi) is 8.08. The number of fused-ring (bicyclic) bond motifs is 1. The van der Waals surface area contributed by atoms with E-state index in [4.69, 9.17) is 37.7 Å². The summed E-state index contributed by atoms with van der Waals surface area (Å²) in [6.45, 7) is 0.572. The third kappa shape index (κ3) is 5.57. The maximum Gasteiger partial charge on any atom is 0.266 e. The van der Waals surface area contributed by atoms with Gasteiger partial charge in [0.2, 0.25) is 0 Å². The fourth-order valence-corrected chi connectivity index (χ4v) is 6.32. The number of methoxy groups -OCH3 is 2. The van der Waals surface area contributed by atoms with E-state index in [1.807, 2.05) is 41.8 Å². The van der Waals surface area contributed by atoms with Gasteiger partial charge in [-0.3, -0.25) is 9.59 Å². The first-order valence-corrected chi connectivity index (χ1v) is 15.0. The summed E-state index contributed by atoms with van der Waals surface area (Å²) in [5.41, 5.74) is 4.61. The largest absolute Gasteiger partial charge is 0.493 e. The van der Waals surface area contributed by atoms with Crippen molar-refractivity contribution in [3.8, 4) is 22.8 Å². The quantitative estimate of drug-likeness (QED) is 0.164. The van der Waals surface area contributed by atoms with E-state index < -0.39 is 0 Å². The number of nitrogens with zero attached hydrogens (tertiary/aromatic N) is 3. The molecular weight excluding hydrogens is 605 g/mol. The first-order valence-electron chi connectivity index (χ1n) is 13.3. The van der Waals surface area contributed by atoms with Gasteiger partial charge in [0.1, 0.15) is 0 Å². The lowest BCUT2D eigenvalue weighted by atomic mass is 10.1. The number of aromatic nitrogens is 1. The number of aryl methyl sites for hydroxylation is 1. The molecule has 0 bridgehead atoms. The summed E-state index contributed by atoms with van der Waals surface area (Å²) in [5.74, 6) is 0.637. The smallest absolute Gasteiger partial charge is 0.266 e. The van der Waals surface area contributed by atoms with Crippen LogP contribution in [-0.4, -0.2) is 30.6 Å². The van der Waals surface area contributed by atoms with Gasteiger partial charge in [-0.2, -0.15) is 0 Å². The van der Waals surface area contributed by atoms with Gasteiger partial charge in [-0.15, -0.1) is 11.3 Å². The summed E-state index contributed by atoms with van der Waals surface area (Å²) in [6.07, 6.45) is 0.665. The van der Waals surface area contributed by atoms with Gasteiger partial charge in [0.05, 0.1) is 47.4 Å². The van der Waals surface area contributed by atoms with Gasteiger partial charge >= 0.3 is 0 Å². The summed E-state index contributed by atoms with van der Waals surface area (Å²) < 4.78 is 13.0. The minimum Gasteiger partial charge on any atom is -0.493 e. The number of halogens is 2. The highest BCUT2D eigenvalue weighted by Crippen LogP contribution is 2.33. The molecule has 1 aliphatic heterocycles. The number of benzene rings is 4. The third-order valence-electron chi connectivity index (χ3n) is 7.19. The summed E-state index contributed by atoms with van der Waals surface area (Å²) >= 11 is 14.2.